The molecule has 0 aliphatic carbocycles. The Hall–Kier alpha value is -2.43. The molecule has 1 aromatic carbocycles. The third kappa shape index (κ3) is 3.32. The average molecular weight is 272 g/mol. The van der Waals surface area contributed by atoms with Crippen LogP contribution < -0.4 is 5.56 Å². The van der Waals surface area contributed by atoms with E-state index in [1.165, 1.54) is 19.2 Å². The lowest BCUT2D eigenvalue weighted by Crippen LogP contribution is -2.21. The molecule has 0 bridgehead atoms. The molecule has 2 aromatic rings. The van der Waals surface area contributed by atoms with E-state index in [0.717, 1.165) is 21.4 Å². The molecule has 5 heteroatoms. The maximum absolute atomic E-state index is 11.9. The average Bonchev–Trinajstić information content (AvgIpc) is 2.38. The van der Waals surface area contributed by atoms with Crippen molar-refractivity contribution in [2.24, 2.45) is 7.05 Å². The maximum atomic E-state index is 11.9. The Balaban J connectivity index is 2.08. The van der Waals surface area contributed by atoms with Crippen molar-refractivity contribution in [2.75, 3.05) is 0 Å². The molecule has 1 heterocycles. The van der Waals surface area contributed by atoms with Gasteiger partial charge in [0.25, 0.3) is 5.56 Å². The molecule has 0 atom stereocenters. The second kappa shape index (κ2) is 5.69. The van der Waals surface area contributed by atoms with Crippen LogP contribution in [0.2, 0.25) is 0 Å². The Morgan fingerprint density at radius 1 is 1.20 bits per heavy atom. The van der Waals surface area contributed by atoms with E-state index in [-0.39, 0.29) is 17.9 Å². The highest BCUT2D eigenvalue weighted by Gasteiger charge is 2.10. The first-order chi connectivity index (χ1) is 9.45. The van der Waals surface area contributed by atoms with Gasteiger partial charge in [-0.3, -0.25) is 4.79 Å². The monoisotopic (exact) mass is 272 g/mol. The van der Waals surface area contributed by atoms with Crippen LogP contribution in [0.1, 0.15) is 27.2 Å². The number of ether oxygens (including phenoxy) is 1. The highest BCUT2D eigenvalue weighted by atomic mass is 16.5. The van der Waals surface area contributed by atoms with Crippen LogP contribution in [0.4, 0.5) is 0 Å². The van der Waals surface area contributed by atoms with E-state index in [4.69, 9.17) is 4.74 Å². The summed E-state index contributed by atoms with van der Waals surface area (Å²) in [4.78, 5) is 23.0. The van der Waals surface area contributed by atoms with Crippen LogP contribution in [-0.4, -0.2) is 15.7 Å². The van der Waals surface area contributed by atoms with Gasteiger partial charge in [-0.2, -0.15) is 5.10 Å². The molecular formula is C15H16N2O3. The number of carbonyl (C=O) groups excluding carboxylic acids is 1. The Bertz CT molecular complexity index is 684. The molecule has 0 N–H and O–H groups in total. The number of carbonyl (C=O) groups is 1. The first-order valence-corrected chi connectivity index (χ1v) is 6.24. The topological polar surface area (TPSA) is 61.2 Å². The summed E-state index contributed by atoms with van der Waals surface area (Å²) in [7, 11) is 1.49. The van der Waals surface area contributed by atoms with E-state index >= 15 is 0 Å². The molecule has 0 spiro atoms. The summed E-state index contributed by atoms with van der Waals surface area (Å²) < 4.78 is 6.31. The van der Waals surface area contributed by atoms with Crippen molar-refractivity contribution in [3.8, 4) is 0 Å². The summed E-state index contributed by atoms with van der Waals surface area (Å²) >= 11 is 0. The minimum Gasteiger partial charge on any atom is -0.456 e. The van der Waals surface area contributed by atoms with E-state index in [0.29, 0.717) is 0 Å². The second-order valence-electron chi connectivity index (χ2n) is 4.75. The molecule has 0 unspecified atom stereocenters. The fraction of sp³-hybridized carbons (Fsp3) is 0.267. The number of hydrogen-bond acceptors (Lipinski definition) is 4. The zero-order valence-corrected chi connectivity index (χ0v) is 11.7. The number of hydrogen-bond donors (Lipinski definition) is 0. The van der Waals surface area contributed by atoms with Gasteiger partial charge in [-0.15, -0.1) is 0 Å². The van der Waals surface area contributed by atoms with Gasteiger partial charge in [0.1, 0.15) is 6.61 Å². The molecule has 104 valence electrons. The van der Waals surface area contributed by atoms with Gasteiger partial charge in [-0.25, -0.2) is 9.48 Å². The van der Waals surface area contributed by atoms with Gasteiger partial charge in [-0.1, -0.05) is 29.3 Å². The zero-order chi connectivity index (χ0) is 14.7. The van der Waals surface area contributed by atoms with Crippen LogP contribution in [0.5, 0.6) is 0 Å². The van der Waals surface area contributed by atoms with E-state index in [9.17, 15) is 9.59 Å². The zero-order valence-electron chi connectivity index (χ0n) is 11.7. The largest absolute Gasteiger partial charge is 0.456 e. The molecule has 0 saturated heterocycles. The van der Waals surface area contributed by atoms with Gasteiger partial charge in [0.2, 0.25) is 0 Å². The van der Waals surface area contributed by atoms with Gasteiger partial charge in [0.05, 0.1) is 0 Å². The quantitative estimate of drug-likeness (QED) is 0.799. The van der Waals surface area contributed by atoms with E-state index in [1.54, 1.807) is 0 Å². The van der Waals surface area contributed by atoms with Crippen molar-refractivity contribution in [3.05, 3.63) is 63.1 Å². The van der Waals surface area contributed by atoms with Crippen LogP contribution in [-0.2, 0) is 18.4 Å². The number of benzene rings is 1. The highest BCUT2D eigenvalue weighted by Crippen LogP contribution is 2.10. The molecule has 0 fully saturated rings. The van der Waals surface area contributed by atoms with Gasteiger partial charge in [0.15, 0.2) is 5.69 Å². The van der Waals surface area contributed by atoms with Gasteiger partial charge in [0, 0.05) is 13.1 Å². The molecule has 20 heavy (non-hydrogen) atoms. The molecule has 2 rings (SSSR count). The fourth-order valence-corrected chi connectivity index (χ4v) is 1.99. The van der Waals surface area contributed by atoms with Crippen LogP contribution >= 0.6 is 0 Å². The van der Waals surface area contributed by atoms with Crippen molar-refractivity contribution >= 4 is 5.97 Å². The number of nitrogens with zero attached hydrogens (tertiary/aromatic N) is 2. The summed E-state index contributed by atoms with van der Waals surface area (Å²) in [5.74, 6) is -0.542. The molecule has 0 aliphatic rings. The number of rotatable bonds is 3. The smallest absolute Gasteiger partial charge is 0.359 e. The predicted molar refractivity (Wildman–Crippen MR) is 74.5 cm³/mol. The Kier molecular flexibility index (Phi) is 3.98. The minimum atomic E-state index is -0.542. The Labute approximate surface area is 116 Å². The van der Waals surface area contributed by atoms with E-state index in [2.05, 4.69) is 11.2 Å². The van der Waals surface area contributed by atoms with Gasteiger partial charge < -0.3 is 4.74 Å². The molecule has 1 aromatic heterocycles. The second-order valence-corrected chi connectivity index (χ2v) is 4.75. The molecule has 0 radical (unpaired) electrons. The lowest BCUT2D eigenvalue weighted by Gasteiger charge is -2.07. The van der Waals surface area contributed by atoms with Crippen molar-refractivity contribution in [1.82, 2.24) is 9.78 Å². The fourth-order valence-electron chi connectivity index (χ4n) is 1.99. The lowest BCUT2D eigenvalue weighted by molar-refractivity contribution is 0.0462. The molecular weight excluding hydrogens is 256 g/mol. The Morgan fingerprint density at radius 2 is 1.85 bits per heavy atom. The standard InChI is InChI=1S/C15H16N2O3/c1-10-6-11(2)8-12(7-10)9-20-15(19)13-4-5-14(18)17(3)16-13/h4-8H,9H2,1-3H3. The van der Waals surface area contributed by atoms with E-state index in [1.807, 2.05) is 26.0 Å². The third-order valence-corrected chi connectivity index (χ3v) is 2.82. The SMILES string of the molecule is Cc1cc(C)cc(COC(=O)c2ccc(=O)n(C)n2)c1. The van der Waals surface area contributed by atoms with Crippen molar-refractivity contribution in [1.29, 1.82) is 0 Å². The number of esters is 1. The summed E-state index contributed by atoms with van der Waals surface area (Å²) in [6.07, 6.45) is 0. The van der Waals surface area contributed by atoms with E-state index < -0.39 is 5.97 Å². The minimum absolute atomic E-state index is 0.122. The van der Waals surface area contributed by atoms with Crippen LogP contribution in [0.3, 0.4) is 0 Å². The summed E-state index contributed by atoms with van der Waals surface area (Å²) in [6, 6.07) is 8.65. The van der Waals surface area contributed by atoms with Crippen LogP contribution in [0.15, 0.2) is 35.1 Å². The molecule has 5 nitrogen and oxygen atoms in total. The number of aryl methyl sites for hydroxylation is 3. The third-order valence-electron chi connectivity index (χ3n) is 2.82. The molecule has 0 saturated carbocycles. The van der Waals surface area contributed by atoms with Crippen molar-refractivity contribution in [3.63, 3.8) is 0 Å². The van der Waals surface area contributed by atoms with Gasteiger partial charge >= 0.3 is 5.97 Å². The van der Waals surface area contributed by atoms with Crippen molar-refractivity contribution < 1.29 is 9.53 Å². The van der Waals surface area contributed by atoms with Gasteiger partial charge in [-0.05, 0) is 25.5 Å². The maximum Gasteiger partial charge on any atom is 0.359 e. The normalized spacial score (nSPS) is 10.3. The first-order valence-electron chi connectivity index (χ1n) is 6.24. The van der Waals surface area contributed by atoms with Crippen LogP contribution in [0.25, 0.3) is 0 Å². The summed E-state index contributed by atoms with van der Waals surface area (Å²) in [5.41, 5.74) is 3.03. The number of aromatic nitrogens is 2. The highest BCUT2D eigenvalue weighted by molar-refractivity contribution is 5.86. The molecule has 0 amide bonds. The molecule has 0 aliphatic heterocycles. The van der Waals surface area contributed by atoms with Crippen molar-refractivity contribution in [2.45, 2.75) is 20.5 Å². The summed E-state index contributed by atoms with van der Waals surface area (Å²) in [5, 5.41) is 3.85. The Morgan fingerprint density at radius 3 is 2.45 bits per heavy atom. The first kappa shape index (κ1) is 14.0. The lowest BCUT2D eigenvalue weighted by atomic mass is 10.1. The summed E-state index contributed by atoms with van der Waals surface area (Å²) in [6.45, 7) is 4.17. The van der Waals surface area contributed by atoms with Crippen LogP contribution in [0, 0.1) is 13.8 Å². The predicted octanol–water partition coefficient (Wildman–Crippen LogP) is 1.75.